The molecule has 224 valence electrons. The molecule has 0 aliphatic heterocycles. The van der Waals surface area contributed by atoms with Crippen LogP contribution in [0.1, 0.15) is 0 Å². The van der Waals surface area contributed by atoms with Gasteiger partial charge in [-0.2, -0.15) is 0 Å². The second kappa shape index (κ2) is 10.8. The average molecular weight is 629 g/mol. The fraction of sp³-hybridized carbons (Fsp3) is 0. The molecule has 0 spiro atoms. The highest BCUT2D eigenvalue weighted by atomic mass is 32.1. The molecule has 0 saturated carbocycles. The molecule has 48 heavy (non-hydrogen) atoms. The zero-order valence-corrected chi connectivity index (χ0v) is 26.8. The maximum atomic E-state index is 4.83. The minimum absolute atomic E-state index is 0.981. The Morgan fingerprint density at radius 2 is 1.10 bits per heavy atom. The van der Waals surface area contributed by atoms with E-state index in [0.29, 0.717) is 0 Å². The van der Waals surface area contributed by atoms with Gasteiger partial charge < -0.3 is 4.57 Å². The van der Waals surface area contributed by atoms with E-state index in [1.807, 2.05) is 23.6 Å². The molecular formula is C45H28N2S. The van der Waals surface area contributed by atoms with Crippen LogP contribution in [0.3, 0.4) is 0 Å². The molecule has 0 aliphatic rings. The van der Waals surface area contributed by atoms with Gasteiger partial charge in [-0.25, -0.2) is 0 Å². The fourth-order valence-electron chi connectivity index (χ4n) is 7.23. The molecule has 0 radical (unpaired) electrons. The van der Waals surface area contributed by atoms with E-state index in [-0.39, 0.29) is 0 Å². The lowest BCUT2D eigenvalue weighted by atomic mass is 9.99. The summed E-state index contributed by atoms with van der Waals surface area (Å²) in [6.45, 7) is 0. The Balaban J connectivity index is 1.17. The van der Waals surface area contributed by atoms with E-state index in [0.717, 1.165) is 22.4 Å². The van der Waals surface area contributed by atoms with E-state index >= 15 is 0 Å². The highest BCUT2D eigenvalue weighted by Gasteiger charge is 2.16. The molecule has 0 unspecified atom stereocenters. The van der Waals surface area contributed by atoms with Gasteiger partial charge in [-0.3, -0.25) is 4.98 Å². The van der Waals surface area contributed by atoms with Crippen LogP contribution in [-0.2, 0) is 0 Å². The van der Waals surface area contributed by atoms with Crippen LogP contribution in [0, 0.1) is 0 Å². The van der Waals surface area contributed by atoms with Gasteiger partial charge in [0.25, 0.3) is 0 Å². The van der Waals surface area contributed by atoms with Crippen molar-refractivity contribution in [3.05, 3.63) is 170 Å². The van der Waals surface area contributed by atoms with Crippen LogP contribution in [0.4, 0.5) is 0 Å². The van der Waals surface area contributed by atoms with Crippen molar-refractivity contribution in [2.75, 3.05) is 0 Å². The summed E-state index contributed by atoms with van der Waals surface area (Å²) in [5, 5.41) is 7.61. The Morgan fingerprint density at radius 3 is 2.00 bits per heavy atom. The SMILES string of the molecule is c1ccc(-c2ccc(-c3ccc4c(c3)c3ccc(-c5ccc6ccccc6c5)cc3n4-c3ccc4c(c3)sc3ccccc34)cn2)cc1. The first-order valence-corrected chi connectivity index (χ1v) is 17.1. The van der Waals surface area contributed by atoms with Crippen molar-refractivity contribution in [2.24, 2.45) is 0 Å². The third-order valence-electron chi connectivity index (χ3n) is 9.64. The summed E-state index contributed by atoms with van der Waals surface area (Å²) in [6.07, 6.45) is 2.00. The molecular weight excluding hydrogens is 601 g/mol. The Bertz CT molecular complexity index is 2820. The molecule has 3 heterocycles. The number of pyridine rings is 1. The number of benzene rings is 7. The minimum atomic E-state index is 0.981. The van der Waals surface area contributed by atoms with Gasteiger partial charge in [0, 0.05) is 54.0 Å². The molecule has 0 aliphatic carbocycles. The summed E-state index contributed by atoms with van der Waals surface area (Å²) in [6, 6.07) is 59.4. The maximum absolute atomic E-state index is 4.83. The van der Waals surface area contributed by atoms with E-state index in [9.17, 15) is 0 Å². The summed E-state index contributed by atoms with van der Waals surface area (Å²) in [5.41, 5.74) is 10.4. The largest absolute Gasteiger partial charge is 0.309 e. The molecule has 0 bridgehead atoms. The van der Waals surface area contributed by atoms with Gasteiger partial charge in [0.15, 0.2) is 0 Å². The van der Waals surface area contributed by atoms with Gasteiger partial charge >= 0.3 is 0 Å². The first kappa shape index (κ1) is 27.1. The Kier molecular flexibility index (Phi) is 6.08. The topological polar surface area (TPSA) is 17.8 Å². The molecule has 2 nitrogen and oxygen atoms in total. The van der Waals surface area contributed by atoms with Crippen molar-refractivity contribution in [1.29, 1.82) is 0 Å². The predicted molar refractivity (Wildman–Crippen MR) is 205 cm³/mol. The number of rotatable bonds is 4. The molecule has 10 aromatic rings. The van der Waals surface area contributed by atoms with E-state index in [1.54, 1.807) is 0 Å². The third-order valence-corrected chi connectivity index (χ3v) is 10.8. The quantitative estimate of drug-likeness (QED) is 0.190. The van der Waals surface area contributed by atoms with Crippen LogP contribution in [0.25, 0.3) is 91.9 Å². The van der Waals surface area contributed by atoms with Gasteiger partial charge in [0.05, 0.1) is 16.7 Å². The second-order valence-corrected chi connectivity index (χ2v) is 13.5. The standard InChI is InChI=1S/C45H28N2S/c1-2-9-30(10-3-1)41-22-17-35(28-46-41)33-18-23-42-40(25-33)37-20-16-34(32-15-14-29-8-4-5-11-31(29)24-32)26-43(37)47(42)36-19-21-39-38-12-6-7-13-44(38)48-45(39)27-36/h1-28H. The van der Waals surface area contributed by atoms with Crippen molar-refractivity contribution in [3.63, 3.8) is 0 Å². The highest BCUT2D eigenvalue weighted by Crippen LogP contribution is 2.40. The number of hydrogen-bond acceptors (Lipinski definition) is 2. The van der Waals surface area contributed by atoms with Crippen molar-refractivity contribution < 1.29 is 0 Å². The van der Waals surface area contributed by atoms with Crippen molar-refractivity contribution in [3.8, 4) is 39.2 Å². The van der Waals surface area contributed by atoms with Crippen LogP contribution < -0.4 is 0 Å². The number of thiophene rings is 1. The second-order valence-electron chi connectivity index (χ2n) is 12.4. The predicted octanol–water partition coefficient (Wildman–Crippen LogP) is 12.7. The Morgan fingerprint density at radius 1 is 0.396 bits per heavy atom. The molecule has 0 saturated heterocycles. The highest BCUT2D eigenvalue weighted by molar-refractivity contribution is 7.25. The lowest BCUT2D eigenvalue weighted by molar-refractivity contribution is 1.19. The number of hydrogen-bond donors (Lipinski definition) is 0. The van der Waals surface area contributed by atoms with Crippen molar-refractivity contribution in [1.82, 2.24) is 9.55 Å². The van der Waals surface area contributed by atoms with Crippen LogP contribution in [0.15, 0.2) is 170 Å². The smallest absolute Gasteiger partial charge is 0.0702 e. The lowest BCUT2D eigenvalue weighted by Gasteiger charge is -2.10. The first-order valence-electron chi connectivity index (χ1n) is 16.3. The summed E-state index contributed by atoms with van der Waals surface area (Å²) in [7, 11) is 0. The van der Waals surface area contributed by atoms with Gasteiger partial charge in [-0.1, -0.05) is 115 Å². The first-order chi connectivity index (χ1) is 23.8. The zero-order valence-electron chi connectivity index (χ0n) is 26.0. The van der Waals surface area contributed by atoms with E-state index in [4.69, 9.17) is 4.98 Å². The molecule has 3 aromatic heterocycles. The van der Waals surface area contributed by atoms with Crippen LogP contribution in [-0.4, -0.2) is 9.55 Å². The molecule has 3 heteroatoms. The number of fused-ring (bicyclic) bond motifs is 7. The van der Waals surface area contributed by atoms with Crippen LogP contribution in [0.5, 0.6) is 0 Å². The van der Waals surface area contributed by atoms with Gasteiger partial charge in [0.2, 0.25) is 0 Å². The van der Waals surface area contributed by atoms with E-state index in [2.05, 4.69) is 162 Å². The van der Waals surface area contributed by atoms with Crippen molar-refractivity contribution in [2.45, 2.75) is 0 Å². The normalized spacial score (nSPS) is 11.8. The summed E-state index contributed by atoms with van der Waals surface area (Å²) >= 11 is 1.86. The third kappa shape index (κ3) is 4.36. The molecule has 7 aromatic carbocycles. The van der Waals surface area contributed by atoms with Crippen molar-refractivity contribution >= 4 is 64.1 Å². The Hall–Kier alpha value is -6.03. The number of aromatic nitrogens is 2. The van der Waals surface area contributed by atoms with Gasteiger partial charge in [-0.05, 0) is 76.0 Å². The van der Waals surface area contributed by atoms with Crippen LogP contribution >= 0.6 is 11.3 Å². The molecule has 0 N–H and O–H groups in total. The zero-order chi connectivity index (χ0) is 31.6. The maximum Gasteiger partial charge on any atom is 0.0702 e. The molecule has 0 fully saturated rings. The lowest BCUT2D eigenvalue weighted by Crippen LogP contribution is -1.94. The monoisotopic (exact) mass is 628 g/mol. The molecule has 10 rings (SSSR count). The fourth-order valence-corrected chi connectivity index (χ4v) is 8.36. The van der Waals surface area contributed by atoms with Crippen LogP contribution in [0.2, 0.25) is 0 Å². The van der Waals surface area contributed by atoms with E-state index in [1.165, 1.54) is 69.6 Å². The van der Waals surface area contributed by atoms with Gasteiger partial charge in [0.1, 0.15) is 0 Å². The Labute approximate surface area is 281 Å². The summed E-state index contributed by atoms with van der Waals surface area (Å²) in [4.78, 5) is 4.83. The molecule has 0 amide bonds. The minimum Gasteiger partial charge on any atom is -0.309 e. The van der Waals surface area contributed by atoms with Gasteiger partial charge in [-0.15, -0.1) is 11.3 Å². The summed E-state index contributed by atoms with van der Waals surface area (Å²) in [5.74, 6) is 0. The van der Waals surface area contributed by atoms with E-state index < -0.39 is 0 Å². The molecule has 0 atom stereocenters. The summed E-state index contributed by atoms with van der Waals surface area (Å²) < 4.78 is 5.07. The average Bonchev–Trinajstić information content (AvgIpc) is 3.69. The number of nitrogens with zero attached hydrogens (tertiary/aromatic N) is 2.